The van der Waals surface area contributed by atoms with Gasteiger partial charge in [0.15, 0.2) is 0 Å². The molecule has 4 heterocycles. The number of carboxylic acids is 1. The SMILES string of the molecule is COC(=O)c1ccc([C@H](C)N)cc1.COC(=O)c1ccc([C@H](C)NC(=O)c2c(C)nn3c2N(Cc2cccc(C(F)(F)F)c2)CC3)cc1.Cc1nn2c(c1C(=O)O)N(Cc1cccc(C(F)(F)F)c1)CC2. The average Bonchev–Trinajstić information content (AvgIpc) is 4.09. The van der Waals surface area contributed by atoms with E-state index < -0.39 is 35.4 Å². The third kappa shape index (κ3) is 12.6. The van der Waals surface area contributed by atoms with Gasteiger partial charge in [0.1, 0.15) is 22.8 Å². The number of anilines is 2. The van der Waals surface area contributed by atoms with E-state index in [4.69, 9.17) is 10.5 Å². The minimum atomic E-state index is -4.42. The first-order valence-electron chi connectivity index (χ1n) is 22.1. The number of nitrogens with one attached hydrogen (secondary N) is 1. The lowest BCUT2D eigenvalue weighted by atomic mass is 10.1. The number of hydrogen-bond acceptors (Lipinski definition) is 11. The van der Waals surface area contributed by atoms with Crippen LogP contribution in [0, 0.1) is 13.8 Å². The Kier molecular flexibility index (Phi) is 16.3. The molecule has 6 aromatic rings. The van der Waals surface area contributed by atoms with E-state index >= 15 is 0 Å². The van der Waals surface area contributed by atoms with Gasteiger partial charge in [-0.05, 0) is 98.5 Å². The molecule has 21 heteroatoms. The van der Waals surface area contributed by atoms with Crippen LogP contribution in [0.3, 0.4) is 0 Å². The lowest BCUT2D eigenvalue weighted by Crippen LogP contribution is -2.29. The number of amides is 1. The summed E-state index contributed by atoms with van der Waals surface area (Å²) >= 11 is 0. The van der Waals surface area contributed by atoms with Crippen molar-refractivity contribution < 1.29 is 60.1 Å². The molecule has 8 rings (SSSR count). The van der Waals surface area contributed by atoms with Gasteiger partial charge >= 0.3 is 30.3 Å². The second-order valence-electron chi connectivity index (χ2n) is 16.8. The molecule has 0 aliphatic carbocycles. The summed E-state index contributed by atoms with van der Waals surface area (Å²) in [7, 11) is 2.67. The van der Waals surface area contributed by atoms with Crippen molar-refractivity contribution in [1.29, 1.82) is 0 Å². The van der Waals surface area contributed by atoms with Crippen LogP contribution in [0.4, 0.5) is 38.0 Å². The molecule has 4 N–H and O–H groups in total. The summed E-state index contributed by atoms with van der Waals surface area (Å²) in [5.41, 5.74) is 9.42. The number of methoxy groups -OCH3 is 2. The quantitative estimate of drug-likeness (QED) is 0.0828. The predicted molar refractivity (Wildman–Crippen MR) is 250 cm³/mol. The van der Waals surface area contributed by atoms with Gasteiger partial charge in [0.05, 0.1) is 67.0 Å². The van der Waals surface area contributed by atoms with Gasteiger partial charge in [-0.15, -0.1) is 0 Å². The molecule has 2 aromatic heterocycles. The van der Waals surface area contributed by atoms with Crippen LogP contribution in [-0.2, 0) is 48.0 Å². The summed E-state index contributed by atoms with van der Waals surface area (Å²) in [6.45, 7) is 9.58. The number of aromatic carboxylic acids is 1. The maximum Gasteiger partial charge on any atom is 0.416 e. The zero-order valence-electron chi connectivity index (χ0n) is 39.6. The fourth-order valence-electron chi connectivity index (χ4n) is 8.11. The number of aryl methyl sites for hydroxylation is 2. The molecule has 71 heavy (non-hydrogen) atoms. The van der Waals surface area contributed by atoms with E-state index in [0.29, 0.717) is 77.0 Å². The van der Waals surface area contributed by atoms with Crippen molar-refractivity contribution in [2.75, 3.05) is 37.1 Å². The highest BCUT2D eigenvalue weighted by atomic mass is 19.4. The van der Waals surface area contributed by atoms with Gasteiger partial charge in [-0.3, -0.25) is 4.79 Å². The topological polar surface area (TPSA) is 187 Å². The molecule has 0 saturated heterocycles. The van der Waals surface area contributed by atoms with Gasteiger partial charge in [-0.25, -0.2) is 23.7 Å². The summed E-state index contributed by atoms with van der Waals surface area (Å²) < 4.78 is 90.3. The molecule has 2 aliphatic heterocycles. The number of nitrogens with zero attached hydrogens (tertiary/aromatic N) is 6. The van der Waals surface area contributed by atoms with Crippen molar-refractivity contribution in [2.24, 2.45) is 5.73 Å². The summed E-state index contributed by atoms with van der Waals surface area (Å²) in [6.07, 6.45) is -8.82. The zero-order chi connectivity index (χ0) is 51.9. The molecule has 376 valence electrons. The van der Waals surface area contributed by atoms with E-state index in [9.17, 15) is 50.6 Å². The van der Waals surface area contributed by atoms with Crippen LogP contribution in [0.5, 0.6) is 0 Å². The maximum absolute atomic E-state index is 13.3. The number of alkyl halides is 6. The lowest BCUT2D eigenvalue weighted by molar-refractivity contribution is -0.138. The second-order valence-corrected chi connectivity index (χ2v) is 16.8. The number of nitrogens with two attached hydrogens (primary N) is 1. The largest absolute Gasteiger partial charge is 0.477 e. The second kappa shape index (κ2) is 22.0. The van der Waals surface area contributed by atoms with Crippen molar-refractivity contribution in [1.82, 2.24) is 24.9 Å². The van der Waals surface area contributed by atoms with Crippen LogP contribution >= 0.6 is 0 Å². The zero-order valence-corrected chi connectivity index (χ0v) is 39.6. The number of ether oxygens (including phenoxy) is 2. The molecule has 0 fully saturated rings. The highest BCUT2D eigenvalue weighted by Crippen LogP contribution is 2.35. The minimum Gasteiger partial charge on any atom is -0.477 e. The van der Waals surface area contributed by atoms with E-state index in [1.807, 2.05) is 30.9 Å². The van der Waals surface area contributed by atoms with Gasteiger partial charge in [0, 0.05) is 32.2 Å². The van der Waals surface area contributed by atoms with Gasteiger partial charge in [-0.1, -0.05) is 48.5 Å². The fraction of sp³-hybridized carbons (Fsp3) is 0.320. The first kappa shape index (κ1) is 52.7. The van der Waals surface area contributed by atoms with Crippen LogP contribution in [0.2, 0.25) is 0 Å². The Labute approximate surface area is 404 Å². The maximum atomic E-state index is 13.3. The molecule has 0 saturated carbocycles. The van der Waals surface area contributed by atoms with E-state index in [0.717, 1.165) is 35.4 Å². The van der Waals surface area contributed by atoms with Crippen LogP contribution in [0.15, 0.2) is 97.1 Å². The number of carbonyl (C=O) groups is 4. The normalized spacial score (nSPS) is 13.7. The number of esters is 2. The number of halogens is 6. The molecule has 4 aromatic carbocycles. The Morgan fingerprint density at radius 1 is 0.648 bits per heavy atom. The number of rotatable bonds is 11. The number of fused-ring (bicyclic) bond motifs is 2. The van der Waals surface area contributed by atoms with Gasteiger partial charge < -0.3 is 35.4 Å². The predicted octanol–water partition coefficient (Wildman–Crippen LogP) is 8.93. The number of carboxylic acid groups (broad SMARTS) is 1. The van der Waals surface area contributed by atoms with Crippen LogP contribution in [-0.4, -0.2) is 75.8 Å². The van der Waals surface area contributed by atoms with E-state index in [-0.39, 0.29) is 42.6 Å². The van der Waals surface area contributed by atoms with Crippen molar-refractivity contribution in [3.63, 3.8) is 0 Å². The Morgan fingerprint density at radius 2 is 1.06 bits per heavy atom. The van der Waals surface area contributed by atoms with E-state index in [1.54, 1.807) is 76.6 Å². The Bertz CT molecular complexity index is 2880. The van der Waals surface area contributed by atoms with Crippen LogP contribution in [0.25, 0.3) is 0 Å². The van der Waals surface area contributed by atoms with Crippen molar-refractivity contribution >= 4 is 35.5 Å². The minimum absolute atomic E-state index is 0.00769. The molecular weight excluding hydrogens is 939 g/mol. The summed E-state index contributed by atoms with van der Waals surface area (Å²) in [6, 6.07) is 23.7. The summed E-state index contributed by atoms with van der Waals surface area (Å²) in [5.74, 6) is -1.14. The number of benzene rings is 4. The molecule has 0 radical (unpaired) electrons. The van der Waals surface area contributed by atoms with Crippen molar-refractivity contribution in [2.45, 2.75) is 78.3 Å². The molecule has 15 nitrogen and oxygen atoms in total. The Hall–Kier alpha value is -7.68. The third-order valence-electron chi connectivity index (χ3n) is 11.7. The van der Waals surface area contributed by atoms with Crippen LogP contribution in [0.1, 0.15) is 112 Å². The molecule has 0 spiro atoms. The number of carbonyl (C=O) groups excluding carboxylic acids is 3. The third-order valence-corrected chi connectivity index (χ3v) is 11.7. The first-order chi connectivity index (χ1) is 33.5. The fourth-order valence-corrected chi connectivity index (χ4v) is 8.11. The van der Waals surface area contributed by atoms with E-state index in [1.165, 1.54) is 26.4 Å². The molecular formula is C50H52F6N8O7. The van der Waals surface area contributed by atoms with Crippen molar-refractivity contribution in [3.8, 4) is 0 Å². The molecule has 2 atom stereocenters. The molecule has 2 aliphatic rings. The first-order valence-corrected chi connectivity index (χ1v) is 22.1. The average molecular weight is 991 g/mol. The number of hydrogen-bond donors (Lipinski definition) is 3. The molecule has 0 bridgehead atoms. The standard InChI is InChI=1S/C25H25F3N4O3.C15H14F3N3O2.C10H13NO2/c1-15(18-7-9-19(10-8-18)24(34)35-3)29-22(33)21-16(2)30-32-12-11-31(23(21)32)14-17-5-4-6-20(13-17)25(26,27)28;1-9-12(14(22)23)13-20(5-6-21(13)19-9)8-10-3-2-4-11(7-10)15(16,17)18;1-7(11)8-3-5-9(6-4-8)10(12)13-2/h4-10,13,15H,11-12,14H2,1-3H3,(H,29,33);2-4,7H,5-6,8H2,1H3,(H,22,23);3-7H,11H2,1-2H3/t15-;;7-/m0.0/s1. The Morgan fingerprint density at radius 3 is 1.45 bits per heavy atom. The van der Waals surface area contributed by atoms with Crippen molar-refractivity contribution in [3.05, 3.63) is 164 Å². The summed E-state index contributed by atoms with van der Waals surface area (Å²) in [4.78, 5) is 51.0. The highest BCUT2D eigenvalue weighted by molar-refractivity contribution is 6.01. The lowest BCUT2D eigenvalue weighted by Gasteiger charge is -2.21. The highest BCUT2D eigenvalue weighted by Gasteiger charge is 2.35. The molecule has 1 amide bonds. The monoisotopic (exact) mass is 990 g/mol. The summed E-state index contributed by atoms with van der Waals surface area (Å²) in [5, 5.41) is 20.9. The molecule has 0 unspecified atom stereocenters. The smallest absolute Gasteiger partial charge is 0.416 e. The van der Waals surface area contributed by atoms with Gasteiger partial charge in [0.25, 0.3) is 5.91 Å². The van der Waals surface area contributed by atoms with Crippen LogP contribution < -0.4 is 20.9 Å². The van der Waals surface area contributed by atoms with Gasteiger partial charge in [-0.2, -0.15) is 36.5 Å². The van der Waals surface area contributed by atoms with E-state index in [2.05, 4.69) is 20.3 Å². The number of aromatic nitrogens is 4. The Balaban J connectivity index is 0.000000195. The van der Waals surface area contributed by atoms with Gasteiger partial charge in [0.2, 0.25) is 0 Å².